The number of aryl methyl sites for hydroxylation is 1. The number of halogens is 2. The van der Waals surface area contributed by atoms with Crippen LogP contribution in [0.4, 0.5) is 8.78 Å². The molecule has 1 aromatic heterocycles. The molecule has 0 unspecified atom stereocenters. The predicted molar refractivity (Wildman–Crippen MR) is 83.9 cm³/mol. The van der Waals surface area contributed by atoms with E-state index in [9.17, 15) is 8.78 Å². The zero-order valence-corrected chi connectivity index (χ0v) is 12.9. The average Bonchev–Trinajstić information content (AvgIpc) is 2.58. The summed E-state index contributed by atoms with van der Waals surface area (Å²) in [7, 11) is 0. The van der Waals surface area contributed by atoms with Gasteiger partial charge in [0, 0.05) is 6.20 Å². The minimum atomic E-state index is -1.01. The molecule has 0 amide bonds. The summed E-state index contributed by atoms with van der Waals surface area (Å²) >= 11 is 0. The first-order chi connectivity index (χ1) is 10.7. The third kappa shape index (κ3) is 3.18. The van der Waals surface area contributed by atoms with Crippen LogP contribution in [0, 0.1) is 11.8 Å². The van der Waals surface area contributed by atoms with Crippen LogP contribution in [0.2, 0.25) is 0 Å². The topological polar surface area (TPSA) is 12.9 Å². The summed E-state index contributed by atoms with van der Waals surface area (Å²) in [6, 6.07) is 10.2. The molecule has 1 saturated carbocycles. The fraction of sp³-hybridized carbons (Fsp3) is 0.421. The highest BCUT2D eigenvalue weighted by atomic mass is 19.2. The van der Waals surface area contributed by atoms with Crippen LogP contribution in [-0.2, 0) is 6.42 Å². The Morgan fingerprint density at radius 3 is 2.09 bits per heavy atom. The lowest BCUT2D eigenvalue weighted by Crippen LogP contribution is -2.13. The van der Waals surface area contributed by atoms with Gasteiger partial charge in [-0.3, -0.25) is 0 Å². The second kappa shape index (κ2) is 6.55. The Bertz CT molecular complexity index is 628. The van der Waals surface area contributed by atoms with Crippen molar-refractivity contribution in [1.82, 2.24) is 4.98 Å². The summed E-state index contributed by atoms with van der Waals surface area (Å²) < 4.78 is 26.2. The number of rotatable bonds is 3. The van der Waals surface area contributed by atoms with Gasteiger partial charge >= 0.3 is 0 Å². The molecule has 2 aromatic rings. The monoisotopic (exact) mass is 301 g/mol. The van der Waals surface area contributed by atoms with Crippen molar-refractivity contribution in [2.75, 3.05) is 0 Å². The molecule has 1 aromatic carbocycles. The molecule has 1 fully saturated rings. The van der Waals surface area contributed by atoms with E-state index in [1.807, 2.05) is 0 Å². The number of aromatic nitrogens is 1. The van der Waals surface area contributed by atoms with Crippen molar-refractivity contribution < 1.29 is 8.78 Å². The lowest BCUT2D eigenvalue weighted by atomic mass is 9.76. The molecule has 116 valence electrons. The largest absolute Gasteiger partial charge is 0.248 e. The molecule has 0 N–H and O–H groups in total. The maximum Gasteiger partial charge on any atom is 0.248 e. The molecule has 1 aliphatic rings. The first kappa shape index (κ1) is 15.1. The molecule has 22 heavy (non-hydrogen) atoms. The number of pyridine rings is 1. The van der Waals surface area contributed by atoms with Crippen molar-refractivity contribution >= 4 is 0 Å². The Labute approximate surface area is 130 Å². The molecule has 0 saturated heterocycles. The summed E-state index contributed by atoms with van der Waals surface area (Å²) in [6.45, 7) is 2.16. The molecule has 0 atom stereocenters. The summed E-state index contributed by atoms with van der Waals surface area (Å²) in [5, 5.41) is 0. The second-order valence-electron chi connectivity index (χ2n) is 6.18. The zero-order valence-electron chi connectivity index (χ0n) is 12.9. The molecule has 1 aliphatic carbocycles. The molecule has 0 aliphatic heterocycles. The van der Waals surface area contributed by atoms with Crippen LogP contribution in [-0.4, -0.2) is 4.98 Å². The molecule has 0 radical (unpaired) electrons. The minimum Gasteiger partial charge on any atom is -0.225 e. The van der Waals surface area contributed by atoms with E-state index in [2.05, 4.69) is 36.2 Å². The second-order valence-corrected chi connectivity index (χ2v) is 6.18. The van der Waals surface area contributed by atoms with Gasteiger partial charge in [-0.05, 0) is 66.7 Å². The average molecular weight is 301 g/mol. The molecule has 1 heterocycles. The van der Waals surface area contributed by atoms with Crippen LogP contribution < -0.4 is 0 Å². The fourth-order valence-electron chi connectivity index (χ4n) is 3.44. The highest BCUT2D eigenvalue weighted by Gasteiger charge is 2.24. The molecular formula is C19H21F2N. The highest BCUT2D eigenvalue weighted by molar-refractivity contribution is 5.26. The summed E-state index contributed by atoms with van der Waals surface area (Å²) in [4.78, 5) is 3.51. The Balaban J connectivity index is 1.65. The van der Waals surface area contributed by atoms with Gasteiger partial charge in [0.05, 0.1) is 0 Å². The molecule has 1 nitrogen and oxygen atoms in total. The maximum atomic E-state index is 13.3. The molecule has 0 bridgehead atoms. The van der Waals surface area contributed by atoms with E-state index in [1.54, 1.807) is 0 Å². The van der Waals surface area contributed by atoms with Gasteiger partial charge in [-0.15, -0.1) is 0 Å². The highest BCUT2D eigenvalue weighted by Crippen LogP contribution is 2.40. The number of nitrogens with zero attached hydrogens (tertiary/aromatic N) is 1. The van der Waals surface area contributed by atoms with Crippen molar-refractivity contribution in [1.29, 1.82) is 0 Å². The Kier molecular flexibility index (Phi) is 4.51. The zero-order chi connectivity index (χ0) is 15.5. The van der Waals surface area contributed by atoms with E-state index in [1.165, 1.54) is 23.4 Å². The lowest BCUT2D eigenvalue weighted by molar-refractivity contribution is 0.392. The third-order valence-corrected chi connectivity index (χ3v) is 4.88. The molecule has 3 rings (SSSR count). The van der Waals surface area contributed by atoms with Gasteiger partial charge < -0.3 is 0 Å². The Morgan fingerprint density at radius 1 is 0.955 bits per heavy atom. The van der Waals surface area contributed by atoms with Gasteiger partial charge in [-0.2, -0.15) is 4.39 Å². The van der Waals surface area contributed by atoms with Crippen LogP contribution in [0.15, 0.2) is 36.5 Å². The quantitative estimate of drug-likeness (QED) is 0.695. The van der Waals surface area contributed by atoms with E-state index in [0.717, 1.165) is 37.7 Å². The van der Waals surface area contributed by atoms with E-state index in [4.69, 9.17) is 0 Å². The van der Waals surface area contributed by atoms with Gasteiger partial charge in [0.15, 0.2) is 5.82 Å². The third-order valence-electron chi connectivity index (χ3n) is 4.88. The van der Waals surface area contributed by atoms with E-state index in [0.29, 0.717) is 11.8 Å². The summed E-state index contributed by atoms with van der Waals surface area (Å²) in [5.74, 6) is -0.961. The van der Waals surface area contributed by atoms with Gasteiger partial charge in [0.1, 0.15) is 0 Å². The van der Waals surface area contributed by atoms with Crippen LogP contribution in [0.25, 0.3) is 0 Å². The Morgan fingerprint density at radius 2 is 1.55 bits per heavy atom. The number of hydrogen-bond acceptors (Lipinski definition) is 1. The molecule has 0 spiro atoms. The van der Waals surface area contributed by atoms with Gasteiger partial charge in [-0.25, -0.2) is 9.37 Å². The van der Waals surface area contributed by atoms with Gasteiger partial charge in [-0.1, -0.05) is 31.2 Å². The van der Waals surface area contributed by atoms with Crippen LogP contribution in [0.3, 0.4) is 0 Å². The van der Waals surface area contributed by atoms with Crippen molar-refractivity contribution in [3.63, 3.8) is 0 Å². The smallest absolute Gasteiger partial charge is 0.225 e. The van der Waals surface area contributed by atoms with Crippen LogP contribution in [0.1, 0.15) is 61.1 Å². The van der Waals surface area contributed by atoms with Crippen molar-refractivity contribution in [3.8, 4) is 0 Å². The number of hydrogen-bond donors (Lipinski definition) is 0. The van der Waals surface area contributed by atoms with E-state index in [-0.39, 0.29) is 0 Å². The predicted octanol–water partition coefficient (Wildman–Crippen LogP) is 5.36. The molecular weight excluding hydrogens is 280 g/mol. The van der Waals surface area contributed by atoms with Crippen LogP contribution in [0.5, 0.6) is 0 Å². The Hall–Kier alpha value is -1.77. The summed E-state index contributed by atoms with van der Waals surface area (Å²) in [6.07, 6.45) is 6.75. The van der Waals surface area contributed by atoms with Gasteiger partial charge in [0.25, 0.3) is 0 Å². The number of benzene rings is 1. The maximum absolute atomic E-state index is 13.3. The van der Waals surface area contributed by atoms with E-state index >= 15 is 0 Å². The van der Waals surface area contributed by atoms with Crippen molar-refractivity contribution in [2.45, 2.75) is 50.9 Å². The minimum absolute atomic E-state index is 0.300. The standard InChI is InChI=1S/C19H21F2N/c1-2-13-3-5-14(6-4-13)15-7-9-16(10-8-15)17-11-18(20)19(21)22-12-17/h3-6,11-12,15-16H,2,7-10H2,1H3. The van der Waals surface area contributed by atoms with Gasteiger partial charge in [0.2, 0.25) is 5.95 Å². The van der Waals surface area contributed by atoms with E-state index < -0.39 is 11.8 Å². The SMILES string of the molecule is CCc1ccc(C2CCC(c3cnc(F)c(F)c3)CC2)cc1. The first-order valence-corrected chi connectivity index (χ1v) is 8.07. The van der Waals surface area contributed by atoms with Crippen LogP contribution >= 0.6 is 0 Å². The van der Waals surface area contributed by atoms with Crippen molar-refractivity contribution in [3.05, 3.63) is 65.0 Å². The normalized spacial score (nSPS) is 21.8. The molecule has 3 heteroatoms. The summed E-state index contributed by atoms with van der Waals surface area (Å²) in [5.41, 5.74) is 3.60. The van der Waals surface area contributed by atoms with Crippen molar-refractivity contribution in [2.24, 2.45) is 0 Å². The first-order valence-electron chi connectivity index (χ1n) is 8.07. The fourth-order valence-corrected chi connectivity index (χ4v) is 3.44. The lowest BCUT2D eigenvalue weighted by Gasteiger charge is -2.29.